The molecule has 0 radical (unpaired) electrons. The Morgan fingerprint density at radius 1 is 0.909 bits per heavy atom. The number of carbonyl (C=O) groups excluding carboxylic acids is 1. The summed E-state index contributed by atoms with van der Waals surface area (Å²) in [5.41, 5.74) is 3.01. The van der Waals surface area contributed by atoms with Crippen LogP contribution in [0, 0.1) is 6.92 Å². The van der Waals surface area contributed by atoms with Crippen LogP contribution >= 0.6 is 11.6 Å². The quantitative estimate of drug-likeness (QED) is 0.346. The molecule has 8 heteroatoms. The van der Waals surface area contributed by atoms with E-state index in [2.05, 4.69) is 14.8 Å². The highest BCUT2D eigenvalue weighted by Gasteiger charge is 2.43. The van der Waals surface area contributed by atoms with Crippen molar-refractivity contribution in [2.24, 2.45) is 0 Å². The maximum Gasteiger partial charge on any atom is 0.586 e. The van der Waals surface area contributed by atoms with Gasteiger partial charge in [0.1, 0.15) is 11.5 Å². The van der Waals surface area contributed by atoms with E-state index in [1.165, 1.54) is 12.1 Å². The van der Waals surface area contributed by atoms with Crippen molar-refractivity contribution < 1.29 is 27.5 Å². The lowest BCUT2D eigenvalue weighted by molar-refractivity contribution is -0.286. The number of hydrogen-bond acceptors (Lipinski definition) is 4. The lowest BCUT2D eigenvalue weighted by Gasteiger charge is -2.08. The van der Waals surface area contributed by atoms with E-state index < -0.39 is 6.29 Å². The number of carbonyl (C=O) groups is 1. The third kappa shape index (κ3) is 4.15. The van der Waals surface area contributed by atoms with Crippen LogP contribution in [0.1, 0.15) is 16.1 Å². The van der Waals surface area contributed by atoms with E-state index in [-0.39, 0.29) is 22.4 Å². The lowest BCUT2D eigenvalue weighted by Crippen LogP contribution is -2.25. The third-order valence-corrected chi connectivity index (χ3v) is 5.48. The Bertz CT molecular complexity index is 1350. The summed E-state index contributed by atoms with van der Waals surface area (Å²) in [4.78, 5) is 12.8. The van der Waals surface area contributed by atoms with Gasteiger partial charge < -0.3 is 19.2 Å². The molecule has 0 atom stereocenters. The molecule has 0 bridgehead atoms. The SMILES string of the molecule is Cc1oc(-c2ccccc2)cc1C(=O)Nc1ccc(-c2cc3c(cc2Cl)OC(F)(F)O3)cc1. The van der Waals surface area contributed by atoms with Crippen molar-refractivity contribution in [2.75, 3.05) is 5.32 Å². The minimum Gasteiger partial charge on any atom is -0.461 e. The predicted octanol–water partition coefficient (Wildman–Crippen LogP) is 7.15. The summed E-state index contributed by atoms with van der Waals surface area (Å²) in [6.07, 6.45) is -3.72. The molecule has 5 rings (SSSR count). The molecular formula is C25H16ClF2NO4. The summed E-state index contributed by atoms with van der Waals surface area (Å²) in [6.45, 7) is 1.73. The van der Waals surface area contributed by atoms with Crippen LogP contribution in [-0.2, 0) is 0 Å². The molecule has 2 heterocycles. The topological polar surface area (TPSA) is 60.7 Å². The molecule has 166 valence electrons. The van der Waals surface area contributed by atoms with Crippen molar-refractivity contribution in [2.45, 2.75) is 13.2 Å². The number of halogens is 3. The van der Waals surface area contributed by atoms with Crippen LogP contribution in [-0.4, -0.2) is 12.2 Å². The first-order chi connectivity index (χ1) is 15.8. The van der Waals surface area contributed by atoms with E-state index in [0.29, 0.717) is 33.9 Å². The number of aryl methyl sites for hydroxylation is 1. The molecule has 0 fully saturated rings. The minimum absolute atomic E-state index is 0.0959. The van der Waals surface area contributed by atoms with E-state index in [0.717, 1.165) is 5.56 Å². The maximum absolute atomic E-state index is 13.3. The summed E-state index contributed by atoms with van der Waals surface area (Å²) in [5, 5.41) is 3.06. The molecule has 4 aromatic rings. The Morgan fingerprint density at radius 2 is 1.58 bits per heavy atom. The third-order valence-electron chi connectivity index (χ3n) is 5.17. The Hall–Kier alpha value is -3.84. The van der Waals surface area contributed by atoms with E-state index >= 15 is 0 Å². The number of hydrogen-bond donors (Lipinski definition) is 1. The molecule has 0 spiro atoms. The lowest BCUT2D eigenvalue weighted by atomic mass is 10.0. The highest BCUT2D eigenvalue weighted by atomic mass is 35.5. The van der Waals surface area contributed by atoms with E-state index in [1.807, 2.05) is 30.3 Å². The van der Waals surface area contributed by atoms with Crippen LogP contribution in [0.15, 0.2) is 77.2 Å². The second-order valence-corrected chi connectivity index (χ2v) is 7.83. The average Bonchev–Trinajstić information content (AvgIpc) is 3.32. The first-order valence-electron chi connectivity index (χ1n) is 9.96. The van der Waals surface area contributed by atoms with E-state index in [4.69, 9.17) is 16.0 Å². The number of nitrogens with one attached hydrogen (secondary N) is 1. The second kappa shape index (κ2) is 7.94. The van der Waals surface area contributed by atoms with E-state index in [1.54, 1.807) is 37.3 Å². The van der Waals surface area contributed by atoms with Gasteiger partial charge in [0.2, 0.25) is 0 Å². The highest BCUT2D eigenvalue weighted by Crippen LogP contribution is 2.46. The van der Waals surface area contributed by atoms with Crippen molar-refractivity contribution in [1.29, 1.82) is 0 Å². The molecule has 1 aliphatic heterocycles. The maximum atomic E-state index is 13.3. The van der Waals surface area contributed by atoms with Gasteiger partial charge in [-0.15, -0.1) is 8.78 Å². The number of amides is 1. The molecule has 5 nitrogen and oxygen atoms in total. The number of fused-ring (bicyclic) bond motifs is 1. The summed E-state index contributed by atoms with van der Waals surface area (Å²) in [6, 6.07) is 20.7. The van der Waals surface area contributed by atoms with Crippen LogP contribution in [0.25, 0.3) is 22.5 Å². The molecule has 1 aliphatic rings. The number of alkyl halides is 2. The summed E-state index contributed by atoms with van der Waals surface area (Å²) < 4.78 is 41.3. The van der Waals surface area contributed by atoms with Crippen LogP contribution in [0.2, 0.25) is 5.02 Å². The van der Waals surface area contributed by atoms with Gasteiger partial charge in [0.05, 0.1) is 10.6 Å². The van der Waals surface area contributed by atoms with Crippen molar-refractivity contribution in [3.8, 4) is 33.9 Å². The van der Waals surface area contributed by atoms with Gasteiger partial charge in [-0.1, -0.05) is 54.1 Å². The predicted molar refractivity (Wildman–Crippen MR) is 120 cm³/mol. The zero-order valence-electron chi connectivity index (χ0n) is 17.2. The monoisotopic (exact) mass is 467 g/mol. The van der Waals surface area contributed by atoms with Gasteiger partial charge in [-0.25, -0.2) is 0 Å². The Kier molecular flexibility index (Phi) is 5.06. The van der Waals surface area contributed by atoms with E-state index in [9.17, 15) is 13.6 Å². The number of ether oxygens (including phenoxy) is 2. The molecule has 1 aromatic heterocycles. The van der Waals surface area contributed by atoms with Gasteiger partial charge in [0.15, 0.2) is 11.5 Å². The average molecular weight is 468 g/mol. The molecule has 0 saturated heterocycles. The number of rotatable bonds is 4. The smallest absolute Gasteiger partial charge is 0.461 e. The number of anilines is 1. The molecule has 33 heavy (non-hydrogen) atoms. The fourth-order valence-electron chi connectivity index (χ4n) is 3.58. The highest BCUT2D eigenvalue weighted by molar-refractivity contribution is 6.33. The van der Waals surface area contributed by atoms with Gasteiger partial charge in [-0.05, 0) is 36.8 Å². The van der Waals surface area contributed by atoms with Gasteiger partial charge in [-0.3, -0.25) is 4.79 Å². The van der Waals surface area contributed by atoms with Crippen LogP contribution in [0.5, 0.6) is 11.5 Å². The molecule has 0 aliphatic carbocycles. The largest absolute Gasteiger partial charge is 0.586 e. The van der Waals surface area contributed by atoms with Gasteiger partial charge >= 0.3 is 6.29 Å². The van der Waals surface area contributed by atoms with Gasteiger partial charge in [0, 0.05) is 22.9 Å². The summed E-state index contributed by atoms with van der Waals surface area (Å²) in [5.74, 6) is 0.586. The second-order valence-electron chi connectivity index (χ2n) is 7.42. The van der Waals surface area contributed by atoms with Crippen molar-refractivity contribution >= 4 is 23.2 Å². The van der Waals surface area contributed by atoms with Crippen molar-refractivity contribution in [3.63, 3.8) is 0 Å². The molecule has 0 saturated carbocycles. The van der Waals surface area contributed by atoms with Crippen LogP contribution in [0.3, 0.4) is 0 Å². The molecular weight excluding hydrogens is 452 g/mol. The normalized spacial score (nSPS) is 13.7. The molecule has 3 aromatic carbocycles. The van der Waals surface area contributed by atoms with Crippen molar-refractivity contribution in [1.82, 2.24) is 0 Å². The zero-order valence-corrected chi connectivity index (χ0v) is 18.0. The first-order valence-corrected chi connectivity index (χ1v) is 10.3. The fraction of sp³-hybridized carbons (Fsp3) is 0.0800. The van der Waals surface area contributed by atoms with Crippen LogP contribution in [0.4, 0.5) is 14.5 Å². The minimum atomic E-state index is -3.72. The van der Waals surface area contributed by atoms with Gasteiger partial charge in [0.25, 0.3) is 5.91 Å². The number of benzene rings is 3. The molecule has 1 N–H and O–H groups in total. The first kappa shape index (κ1) is 21.0. The Balaban J connectivity index is 1.34. The van der Waals surface area contributed by atoms with Gasteiger partial charge in [-0.2, -0.15) is 0 Å². The molecule has 0 unspecified atom stereocenters. The molecule has 1 amide bonds. The number of furan rings is 1. The zero-order chi connectivity index (χ0) is 23.2. The van der Waals surface area contributed by atoms with Crippen LogP contribution < -0.4 is 14.8 Å². The summed E-state index contributed by atoms with van der Waals surface area (Å²) >= 11 is 6.25. The fourth-order valence-corrected chi connectivity index (χ4v) is 3.84. The Morgan fingerprint density at radius 3 is 2.27 bits per heavy atom. The summed E-state index contributed by atoms with van der Waals surface area (Å²) in [7, 11) is 0. The Labute approximate surface area is 192 Å². The van der Waals surface area contributed by atoms with Crippen molar-refractivity contribution in [3.05, 3.63) is 89.1 Å². The standard InChI is InChI=1S/C25H16ClF2NO4/c1-14-18(11-21(31-14)16-5-3-2-4-6-16)24(30)29-17-9-7-15(8-10-17)19-12-22-23(13-20(19)26)33-25(27,28)32-22/h2-13H,1H3,(H,29,30).